The molecule has 72 valence electrons. The molecule has 0 atom stereocenters. The van der Waals surface area contributed by atoms with Gasteiger partial charge in [-0.1, -0.05) is 16.8 Å². The summed E-state index contributed by atoms with van der Waals surface area (Å²) in [4.78, 5) is 0. The highest BCUT2D eigenvalue weighted by molar-refractivity contribution is 6.25. The lowest BCUT2D eigenvalue weighted by Gasteiger charge is -2.00. The lowest BCUT2D eigenvalue weighted by Crippen LogP contribution is -2.14. The minimum atomic E-state index is 0.683. The van der Waals surface area contributed by atoms with E-state index in [0.29, 0.717) is 6.54 Å². The zero-order valence-corrected chi connectivity index (χ0v) is 8.56. The van der Waals surface area contributed by atoms with Crippen molar-refractivity contribution in [2.24, 2.45) is 0 Å². The summed E-state index contributed by atoms with van der Waals surface area (Å²) in [5.41, 5.74) is 3.57. The van der Waals surface area contributed by atoms with Crippen molar-refractivity contribution in [3.8, 4) is 0 Å². The summed E-state index contributed by atoms with van der Waals surface area (Å²) >= 11 is 5.50. The molecule has 0 radical (unpaired) electrons. The second-order valence-electron chi connectivity index (χ2n) is 2.99. The molecule has 0 fully saturated rings. The number of halogens is 1. The number of aromatic nitrogens is 1. The summed E-state index contributed by atoms with van der Waals surface area (Å²) in [7, 11) is 0. The van der Waals surface area contributed by atoms with Crippen LogP contribution in [0.4, 0.5) is 0 Å². The van der Waals surface area contributed by atoms with Crippen LogP contribution in [0.2, 0.25) is 0 Å². The molecule has 0 aliphatic carbocycles. The molecule has 1 aromatic rings. The fourth-order valence-corrected chi connectivity index (χ4v) is 0.998. The number of hydrogen-bond acceptors (Lipinski definition) is 3. The molecule has 0 unspecified atom stereocenters. The van der Waals surface area contributed by atoms with E-state index in [0.717, 1.165) is 23.6 Å². The number of rotatable bonds is 4. The molecule has 0 aliphatic heterocycles. The molecule has 0 saturated heterocycles. The van der Waals surface area contributed by atoms with Crippen LogP contribution in [0.5, 0.6) is 0 Å². The van der Waals surface area contributed by atoms with Gasteiger partial charge in [-0.05, 0) is 19.4 Å². The second-order valence-corrected chi connectivity index (χ2v) is 3.21. The molecule has 1 rings (SSSR count). The van der Waals surface area contributed by atoms with Gasteiger partial charge in [0.2, 0.25) is 0 Å². The summed E-state index contributed by atoms with van der Waals surface area (Å²) in [6.07, 6.45) is 0. The topological polar surface area (TPSA) is 38.1 Å². The maximum atomic E-state index is 5.50. The minimum Gasteiger partial charge on any atom is -0.360 e. The van der Waals surface area contributed by atoms with Crippen LogP contribution in [0, 0.1) is 6.92 Å². The maximum absolute atomic E-state index is 5.50. The number of nitrogens with zero attached hydrogens (tertiary/aromatic N) is 1. The van der Waals surface area contributed by atoms with Crippen LogP contribution in [0.3, 0.4) is 0 Å². The van der Waals surface area contributed by atoms with E-state index >= 15 is 0 Å². The summed E-state index contributed by atoms with van der Waals surface area (Å²) in [6, 6.07) is 1.91. The lowest BCUT2D eigenvalue weighted by molar-refractivity contribution is 0.371. The molecule has 13 heavy (non-hydrogen) atoms. The Hall–Kier alpha value is -0.800. The summed E-state index contributed by atoms with van der Waals surface area (Å²) in [5, 5.41) is 6.96. The molecule has 4 heteroatoms. The third-order valence-corrected chi connectivity index (χ3v) is 1.94. The van der Waals surface area contributed by atoms with Crippen LogP contribution in [0.1, 0.15) is 18.4 Å². The van der Waals surface area contributed by atoms with E-state index in [1.54, 1.807) is 5.54 Å². The van der Waals surface area contributed by atoms with E-state index in [-0.39, 0.29) is 0 Å². The largest absolute Gasteiger partial charge is 0.360 e. The van der Waals surface area contributed by atoms with Gasteiger partial charge in [-0.25, -0.2) is 0 Å². The zero-order valence-electron chi connectivity index (χ0n) is 7.80. The quantitative estimate of drug-likeness (QED) is 0.810. The van der Waals surface area contributed by atoms with Crippen LogP contribution >= 0.6 is 11.6 Å². The molecule has 3 nitrogen and oxygen atoms in total. The van der Waals surface area contributed by atoms with Crippen molar-refractivity contribution in [1.29, 1.82) is 0 Å². The Bertz CT molecular complexity index is 294. The Labute approximate surface area is 82.7 Å². The van der Waals surface area contributed by atoms with Crippen LogP contribution in [-0.2, 0) is 6.54 Å². The van der Waals surface area contributed by atoms with Gasteiger partial charge >= 0.3 is 0 Å². The number of hydrogen-bond donors (Lipinski definition) is 1. The predicted octanol–water partition coefficient (Wildman–Crippen LogP) is 2.22. The molecular formula is C9H13ClN2O. The monoisotopic (exact) mass is 200 g/mol. The third-order valence-electron chi connectivity index (χ3n) is 1.57. The van der Waals surface area contributed by atoms with Crippen molar-refractivity contribution in [1.82, 2.24) is 10.5 Å². The van der Waals surface area contributed by atoms with Crippen molar-refractivity contribution < 1.29 is 4.52 Å². The molecule has 0 saturated carbocycles. The first-order chi connectivity index (χ1) is 6.22. The lowest BCUT2D eigenvalue weighted by atomic mass is 10.3. The first-order valence-electron chi connectivity index (χ1n) is 4.11. The van der Waals surface area contributed by atoms with E-state index in [9.17, 15) is 0 Å². The standard InChI is InChI=1S/C9H13ClN2O/c1-7(4-10)5-11-6-9-3-8(2)12-13-9/h3-4,11H,5-6H2,1-2H3. The highest BCUT2D eigenvalue weighted by Gasteiger charge is 1.98. The third kappa shape index (κ3) is 3.61. The second kappa shape index (κ2) is 5.04. The van der Waals surface area contributed by atoms with Gasteiger partial charge in [0.05, 0.1) is 12.2 Å². The van der Waals surface area contributed by atoms with Gasteiger partial charge in [-0.15, -0.1) is 0 Å². The average Bonchev–Trinajstić information content (AvgIpc) is 2.51. The summed E-state index contributed by atoms with van der Waals surface area (Å²) < 4.78 is 5.01. The van der Waals surface area contributed by atoms with Gasteiger partial charge in [-0.3, -0.25) is 0 Å². The van der Waals surface area contributed by atoms with E-state index < -0.39 is 0 Å². The van der Waals surface area contributed by atoms with E-state index in [4.69, 9.17) is 16.1 Å². The highest BCUT2D eigenvalue weighted by Crippen LogP contribution is 2.01. The Morgan fingerprint density at radius 2 is 2.54 bits per heavy atom. The van der Waals surface area contributed by atoms with E-state index in [1.165, 1.54) is 0 Å². The molecule has 0 bridgehead atoms. The normalized spacial score (nSPS) is 12.1. The van der Waals surface area contributed by atoms with Gasteiger partial charge in [-0.2, -0.15) is 0 Å². The Morgan fingerprint density at radius 3 is 3.08 bits per heavy atom. The highest BCUT2D eigenvalue weighted by atomic mass is 35.5. The predicted molar refractivity (Wildman–Crippen MR) is 52.6 cm³/mol. The van der Waals surface area contributed by atoms with Crippen LogP contribution in [0.25, 0.3) is 0 Å². The SMILES string of the molecule is CC(=CCl)CNCc1cc(C)no1. The Morgan fingerprint density at radius 1 is 1.77 bits per heavy atom. The molecule has 1 heterocycles. The molecule has 1 aromatic heterocycles. The first-order valence-corrected chi connectivity index (χ1v) is 4.55. The van der Waals surface area contributed by atoms with Crippen molar-refractivity contribution in [2.45, 2.75) is 20.4 Å². The van der Waals surface area contributed by atoms with Gasteiger partial charge in [0.1, 0.15) is 0 Å². The van der Waals surface area contributed by atoms with Crippen molar-refractivity contribution in [3.63, 3.8) is 0 Å². The minimum absolute atomic E-state index is 0.683. The van der Waals surface area contributed by atoms with Crippen molar-refractivity contribution in [2.75, 3.05) is 6.54 Å². The summed E-state index contributed by atoms with van der Waals surface area (Å²) in [6.45, 7) is 5.31. The van der Waals surface area contributed by atoms with Crippen LogP contribution < -0.4 is 5.32 Å². The van der Waals surface area contributed by atoms with Gasteiger partial charge in [0.15, 0.2) is 5.76 Å². The van der Waals surface area contributed by atoms with E-state index in [2.05, 4.69) is 10.5 Å². The molecule has 0 aromatic carbocycles. The molecule has 0 aliphatic rings. The Kier molecular flexibility index (Phi) is 3.99. The van der Waals surface area contributed by atoms with Gasteiger partial charge in [0, 0.05) is 18.1 Å². The number of aryl methyl sites for hydroxylation is 1. The summed E-state index contributed by atoms with van der Waals surface area (Å²) in [5.74, 6) is 0.847. The van der Waals surface area contributed by atoms with Crippen molar-refractivity contribution >= 4 is 11.6 Å². The van der Waals surface area contributed by atoms with Crippen molar-refractivity contribution in [3.05, 3.63) is 28.6 Å². The molecule has 0 spiro atoms. The van der Waals surface area contributed by atoms with E-state index in [1.807, 2.05) is 19.9 Å². The smallest absolute Gasteiger partial charge is 0.150 e. The zero-order chi connectivity index (χ0) is 9.68. The fourth-order valence-electron chi connectivity index (χ4n) is 0.921. The first kappa shape index (κ1) is 10.3. The molecule has 0 amide bonds. The van der Waals surface area contributed by atoms with Gasteiger partial charge < -0.3 is 9.84 Å². The fraction of sp³-hybridized carbons (Fsp3) is 0.444. The maximum Gasteiger partial charge on any atom is 0.150 e. The van der Waals surface area contributed by atoms with Crippen LogP contribution in [-0.4, -0.2) is 11.7 Å². The molecule has 1 N–H and O–H groups in total. The Balaban J connectivity index is 2.28. The average molecular weight is 201 g/mol. The molecular weight excluding hydrogens is 188 g/mol. The van der Waals surface area contributed by atoms with Crippen LogP contribution in [0.15, 0.2) is 21.7 Å². The van der Waals surface area contributed by atoms with Gasteiger partial charge in [0.25, 0.3) is 0 Å². The number of nitrogens with one attached hydrogen (secondary N) is 1.